The molecule has 1 fully saturated rings. The topological polar surface area (TPSA) is 89.9 Å². The molecule has 0 aromatic carbocycles. The molecule has 0 amide bonds. The van der Waals surface area contributed by atoms with Crippen molar-refractivity contribution in [2.24, 2.45) is 5.92 Å². The highest BCUT2D eigenvalue weighted by atomic mass is 15.0. The summed E-state index contributed by atoms with van der Waals surface area (Å²) in [5, 5.41) is 3.33. The third kappa shape index (κ3) is 2.79. The second kappa shape index (κ2) is 4.44. The Balaban J connectivity index is 2.02. The van der Waals surface area contributed by atoms with E-state index in [0.29, 0.717) is 17.6 Å². The van der Waals surface area contributed by atoms with E-state index in [-0.39, 0.29) is 0 Å². The lowest BCUT2D eigenvalue weighted by molar-refractivity contribution is 0.367. The van der Waals surface area contributed by atoms with Crippen molar-refractivity contribution in [3.05, 3.63) is 11.9 Å². The van der Waals surface area contributed by atoms with Crippen LogP contribution in [0.5, 0.6) is 0 Å². The van der Waals surface area contributed by atoms with Crippen LogP contribution >= 0.6 is 0 Å². The first kappa shape index (κ1) is 10.2. The van der Waals surface area contributed by atoms with Gasteiger partial charge in [0.1, 0.15) is 17.5 Å². The first-order valence-corrected chi connectivity index (χ1v) is 5.33. The summed E-state index contributed by atoms with van der Waals surface area (Å²) in [5.41, 5.74) is 11.2. The molecule has 82 valence electrons. The molecule has 2 rings (SSSR count). The van der Waals surface area contributed by atoms with Crippen molar-refractivity contribution in [3.8, 4) is 0 Å². The van der Waals surface area contributed by atoms with Gasteiger partial charge in [-0.15, -0.1) is 0 Å². The molecule has 0 bridgehead atoms. The van der Waals surface area contributed by atoms with E-state index in [9.17, 15) is 0 Å². The first-order chi connectivity index (χ1) is 7.24. The summed E-state index contributed by atoms with van der Waals surface area (Å²) in [6.45, 7) is 2.17. The van der Waals surface area contributed by atoms with Gasteiger partial charge < -0.3 is 16.8 Å². The molecule has 0 unspecified atom stereocenters. The summed E-state index contributed by atoms with van der Waals surface area (Å²) in [7, 11) is 0. The number of nitrogens with two attached hydrogens (primary N) is 2. The average Bonchev–Trinajstić information content (AvgIpc) is 2.17. The van der Waals surface area contributed by atoms with Crippen LogP contribution in [0.3, 0.4) is 0 Å². The maximum atomic E-state index is 5.62. The zero-order valence-electron chi connectivity index (χ0n) is 8.74. The smallest absolute Gasteiger partial charge is 0.133 e. The molecule has 1 aromatic heterocycles. The second-order valence-electron chi connectivity index (χ2n) is 4.03. The largest absolute Gasteiger partial charge is 0.384 e. The number of nitrogen functional groups attached to an aromatic ring is 2. The van der Waals surface area contributed by atoms with E-state index in [0.717, 1.165) is 25.3 Å². The maximum Gasteiger partial charge on any atom is 0.133 e. The van der Waals surface area contributed by atoms with Gasteiger partial charge in [-0.1, -0.05) is 0 Å². The van der Waals surface area contributed by atoms with Gasteiger partial charge in [-0.2, -0.15) is 0 Å². The number of hydrogen-bond acceptors (Lipinski definition) is 5. The van der Waals surface area contributed by atoms with Crippen molar-refractivity contribution in [2.45, 2.75) is 19.3 Å². The fourth-order valence-electron chi connectivity index (χ4n) is 1.97. The number of hydrogen-bond donors (Lipinski definition) is 3. The maximum absolute atomic E-state index is 5.62. The zero-order chi connectivity index (χ0) is 10.7. The van der Waals surface area contributed by atoms with E-state index in [2.05, 4.69) is 15.3 Å². The van der Waals surface area contributed by atoms with Gasteiger partial charge >= 0.3 is 0 Å². The lowest BCUT2D eigenvalue weighted by Crippen LogP contribution is -2.29. The number of nitrogens with one attached hydrogen (secondary N) is 1. The van der Waals surface area contributed by atoms with Crippen molar-refractivity contribution in [2.75, 3.05) is 24.6 Å². The lowest BCUT2D eigenvalue weighted by atomic mass is 9.94. The molecule has 2 heterocycles. The van der Waals surface area contributed by atoms with Crippen molar-refractivity contribution < 1.29 is 0 Å². The Morgan fingerprint density at radius 3 is 2.40 bits per heavy atom. The van der Waals surface area contributed by atoms with Gasteiger partial charge in [0.25, 0.3) is 0 Å². The molecule has 1 aliphatic rings. The van der Waals surface area contributed by atoms with E-state index in [1.807, 2.05) is 0 Å². The highest BCUT2D eigenvalue weighted by Crippen LogP contribution is 2.17. The van der Waals surface area contributed by atoms with E-state index >= 15 is 0 Å². The number of rotatable bonds is 2. The Hall–Kier alpha value is -1.36. The fraction of sp³-hybridized carbons (Fsp3) is 0.600. The predicted octanol–water partition coefficient (Wildman–Crippen LogP) is 0.183. The van der Waals surface area contributed by atoms with Gasteiger partial charge in [-0.3, -0.25) is 0 Å². The minimum atomic E-state index is 0.464. The summed E-state index contributed by atoms with van der Waals surface area (Å²) in [6.07, 6.45) is 3.24. The molecular formula is C10H17N5. The van der Waals surface area contributed by atoms with Gasteiger partial charge in [-0.25, -0.2) is 9.97 Å². The first-order valence-electron chi connectivity index (χ1n) is 5.33. The minimum Gasteiger partial charge on any atom is -0.384 e. The predicted molar refractivity (Wildman–Crippen MR) is 60.2 cm³/mol. The molecule has 0 saturated carbocycles. The fourth-order valence-corrected chi connectivity index (χ4v) is 1.97. The summed E-state index contributed by atoms with van der Waals surface area (Å²) in [5.74, 6) is 2.37. The molecule has 15 heavy (non-hydrogen) atoms. The van der Waals surface area contributed by atoms with Crippen LogP contribution in [0.1, 0.15) is 18.7 Å². The van der Waals surface area contributed by atoms with Crippen LogP contribution in [-0.4, -0.2) is 23.1 Å². The van der Waals surface area contributed by atoms with Gasteiger partial charge in [0.05, 0.1) is 0 Å². The Morgan fingerprint density at radius 1 is 1.20 bits per heavy atom. The molecule has 0 aliphatic carbocycles. The second-order valence-corrected chi connectivity index (χ2v) is 4.03. The quantitative estimate of drug-likeness (QED) is 0.643. The van der Waals surface area contributed by atoms with Gasteiger partial charge in [-0.05, 0) is 31.8 Å². The zero-order valence-corrected chi connectivity index (χ0v) is 8.74. The van der Waals surface area contributed by atoms with Crippen molar-refractivity contribution in [1.29, 1.82) is 0 Å². The normalized spacial score (nSPS) is 17.9. The molecule has 5 heteroatoms. The molecule has 1 aliphatic heterocycles. The molecule has 0 spiro atoms. The molecule has 1 aromatic rings. The summed E-state index contributed by atoms with van der Waals surface area (Å²) >= 11 is 0. The van der Waals surface area contributed by atoms with E-state index in [1.165, 1.54) is 12.8 Å². The molecular weight excluding hydrogens is 190 g/mol. The van der Waals surface area contributed by atoms with Crippen LogP contribution in [0.25, 0.3) is 0 Å². The van der Waals surface area contributed by atoms with Gasteiger partial charge in [0.15, 0.2) is 0 Å². The monoisotopic (exact) mass is 207 g/mol. The van der Waals surface area contributed by atoms with Crippen LogP contribution in [-0.2, 0) is 6.42 Å². The van der Waals surface area contributed by atoms with Crippen LogP contribution < -0.4 is 16.8 Å². The van der Waals surface area contributed by atoms with Crippen LogP contribution in [0.15, 0.2) is 6.07 Å². The molecule has 0 atom stereocenters. The average molecular weight is 207 g/mol. The SMILES string of the molecule is Nc1cc(N)nc(CC2CCNCC2)n1. The Labute approximate surface area is 89.3 Å². The third-order valence-corrected chi connectivity index (χ3v) is 2.74. The Morgan fingerprint density at radius 2 is 1.80 bits per heavy atom. The number of anilines is 2. The molecule has 1 saturated heterocycles. The van der Waals surface area contributed by atoms with E-state index in [1.54, 1.807) is 6.07 Å². The van der Waals surface area contributed by atoms with Crippen molar-refractivity contribution in [3.63, 3.8) is 0 Å². The van der Waals surface area contributed by atoms with E-state index < -0.39 is 0 Å². The highest BCUT2D eigenvalue weighted by Gasteiger charge is 2.15. The molecule has 5 N–H and O–H groups in total. The number of aromatic nitrogens is 2. The van der Waals surface area contributed by atoms with Crippen LogP contribution in [0, 0.1) is 5.92 Å². The highest BCUT2D eigenvalue weighted by molar-refractivity contribution is 5.40. The minimum absolute atomic E-state index is 0.464. The van der Waals surface area contributed by atoms with Crippen molar-refractivity contribution >= 4 is 11.6 Å². The summed E-state index contributed by atoms with van der Waals surface area (Å²) in [4.78, 5) is 8.39. The number of nitrogens with zero attached hydrogens (tertiary/aromatic N) is 2. The Bertz CT molecular complexity index is 312. The standard InChI is InChI=1S/C10H17N5/c11-8-6-9(12)15-10(14-8)5-7-1-3-13-4-2-7/h6-7,13H,1-5H2,(H4,11,12,14,15). The Kier molecular flexibility index (Phi) is 3.01. The third-order valence-electron chi connectivity index (χ3n) is 2.74. The number of piperidine rings is 1. The summed E-state index contributed by atoms with van der Waals surface area (Å²) in [6, 6.07) is 1.59. The van der Waals surface area contributed by atoms with Crippen LogP contribution in [0.2, 0.25) is 0 Å². The summed E-state index contributed by atoms with van der Waals surface area (Å²) < 4.78 is 0. The lowest BCUT2D eigenvalue weighted by Gasteiger charge is -2.21. The van der Waals surface area contributed by atoms with Gasteiger partial charge in [0.2, 0.25) is 0 Å². The van der Waals surface area contributed by atoms with E-state index in [4.69, 9.17) is 11.5 Å². The molecule has 5 nitrogen and oxygen atoms in total. The van der Waals surface area contributed by atoms with Crippen LogP contribution in [0.4, 0.5) is 11.6 Å². The van der Waals surface area contributed by atoms with Gasteiger partial charge in [0, 0.05) is 12.5 Å². The van der Waals surface area contributed by atoms with Crippen molar-refractivity contribution in [1.82, 2.24) is 15.3 Å². The molecule has 0 radical (unpaired) electrons.